The molecule has 0 bridgehead atoms. The molecule has 4 heteroatoms. The molecule has 0 spiro atoms. The fourth-order valence-electron chi connectivity index (χ4n) is 1.79. The van der Waals surface area contributed by atoms with Crippen LogP contribution in [0.1, 0.15) is 33.6 Å². The lowest BCUT2D eigenvalue weighted by molar-refractivity contribution is -0.384. The summed E-state index contributed by atoms with van der Waals surface area (Å²) < 4.78 is 0. The first-order chi connectivity index (χ1) is 8.02. The molecular weight excluding hydrogens is 216 g/mol. The molecule has 0 aliphatic heterocycles. The number of nitrogens with zero attached hydrogens (tertiary/aromatic N) is 1. The van der Waals surface area contributed by atoms with Crippen LogP contribution in [0.2, 0.25) is 0 Å². The summed E-state index contributed by atoms with van der Waals surface area (Å²) in [5.41, 5.74) is 1.07. The smallest absolute Gasteiger partial charge is 0.269 e. The molecule has 2 atom stereocenters. The van der Waals surface area contributed by atoms with Crippen LogP contribution in [-0.4, -0.2) is 11.0 Å². The van der Waals surface area contributed by atoms with Gasteiger partial charge in [0.1, 0.15) is 0 Å². The SMILES string of the molecule is CCC(C)CC(C)Nc1ccc([N+](=O)[O-])cc1. The number of nitro groups is 1. The maximum atomic E-state index is 10.5. The van der Waals surface area contributed by atoms with E-state index >= 15 is 0 Å². The van der Waals surface area contributed by atoms with E-state index in [4.69, 9.17) is 0 Å². The van der Waals surface area contributed by atoms with Gasteiger partial charge in [-0.25, -0.2) is 0 Å². The molecule has 0 fully saturated rings. The lowest BCUT2D eigenvalue weighted by Crippen LogP contribution is -2.18. The fraction of sp³-hybridized carbons (Fsp3) is 0.538. The van der Waals surface area contributed by atoms with Gasteiger partial charge in [0, 0.05) is 23.9 Å². The summed E-state index contributed by atoms with van der Waals surface area (Å²) in [6.45, 7) is 6.55. The Morgan fingerprint density at radius 3 is 2.35 bits per heavy atom. The van der Waals surface area contributed by atoms with Gasteiger partial charge in [-0.05, 0) is 31.4 Å². The molecule has 0 amide bonds. The van der Waals surface area contributed by atoms with Crippen molar-refractivity contribution in [2.75, 3.05) is 5.32 Å². The number of anilines is 1. The average molecular weight is 236 g/mol. The Morgan fingerprint density at radius 2 is 1.88 bits per heavy atom. The molecule has 0 heterocycles. The minimum absolute atomic E-state index is 0.130. The summed E-state index contributed by atoms with van der Waals surface area (Å²) in [5.74, 6) is 0.690. The predicted molar refractivity (Wildman–Crippen MR) is 70.3 cm³/mol. The second kappa shape index (κ2) is 6.23. The third kappa shape index (κ3) is 4.43. The molecular formula is C13H20N2O2. The van der Waals surface area contributed by atoms with Crippen molar-refractivity contribution >= 4 is 11.4 Å². The quantitative estimate of drug-likeness (QED) is 0.603. The van der Waals surface area contributed by atoms with E-state index in [1.807, 2.05) is 0 Å². The highest BCUT2D eigenvalue weighted by atomic mass is 16.6. The van der Waals surface area contributed by atoms with Crippen molar-refractivity contribution in [3.63, 3.8) is 0 Å². The van der Waals surface area contributed by atoms with E-state index in [2.05, 4.69) is 26.1 Å². The molecule has 0 aromatic heterocycles. The fourth-order valence-corrected chi connectivity index (χ4v) is 1.79. The van der Waals surface area contributed by atoms with Crippen molar-refractivity contribution in [3.8, 4) is 0 Å². The van der Waals surface area contributed by atoms with Crippen LogP contribution in [0, 0.1) is 16.0 Å². The van der Waals surface area contributed by atoms with Crippen LogP contribution >= 0.6 is 0 Å². The normalized spacial score (nSPS) is 14.1. The molecule has 0 aliphatic rings. The third-order valence-electron chi connectivity index (χ3n) is 2.94. The first kappa shape index (κ1) is 13.5. The molecule has 1 aromatic rings. The van der Waals surface area contributed by atoms with Crippen LogP contribution in [0.5, 0.6) is 0 Å². The lowest BCUT2D eigenvalue weighted by atomic mass is 10.0. The highest BCUT2D eigenvalue weighted by Gasteiger charge is 2.08. The van der Waals surface area contributed by atoms with E-state index in [1.54, 1.807) is 12.1 Å². The molecule has 0 aliphatic carbocycles. The van der Waals surface area contributed by atoms with Crippen LogP contribution in [0.4, 0.5) is 11.4 Å². The number of benzene rings is 1. The zero-order chi connectivity index (χ0) is 12.8. The number of hydrogen-bond acceptors (Lipinski definition) is 3. The molecule has 2 unspecified atom stereocenters. The van der Waals surface area contributed by atoms with Gasteiger partial charge in [-0.3, -0.25) is 10.1 Å². The summed E-state index contributed by atoms with van der Waals surface area (Å²) in [6.07, 6.45) is 2.28. The molecule has 94 valence electrons. The first-order valence-electron chi connectivity index (χ1n) is 6.04. The van der Waals surface area contributed by atoms with Gasteiger partial charge in [0.05, 0.1) is 4.92 Å². The van der Waals surface area contributed by atoms with Crippen LogP contribution in [0.15, 0.2) is 24.3 Å². The highest BCUT2D eigenvalue weighted by Crippen LogP contribution is 2.18. The summed E-state index contributed by atoms with van der Waals surface area (Å²) in [5, 5.41) is 13.9. The standard InChI is InChI=1S/C13H20N2O2/c1-4-10(2)9-11(3)14-12-5-7-13(8-6-12)15(16)17/h5-8,10-11,14H,4,9H2,1-3H3. The molecule has 1 N–H and O–H groups in total. The number of nitrogens with one attached hydrogen (secondary N) is 1. The minimum Gasteiger partial charge on any atom is -0.383 e. The second-order valence-electron chi connectivity index (χ2n) is 4.60. The maximum Gasteiger partial charge on any atom is 0.269 e. The van der Waals surface area contributed by atoms with E-state index in [0.29, 0.717) is 12.0 Å². The second-order valence-corrected chi connectivity index (χ2v) is 4.60. The Labute approximate surface area is 102 Å². The van der Waals surface area contributed by atoms with Crippen molar-refractivity contribution in [1.82, 2.24) is 0 Å². The van der Waals surface area contributed by atoms with E-state index < -0.39 is 0 Å². The van der Waals surface area contributed by atoms with E-state index in [-0.39, 0.29) is 10.6 Å². The Balaban J connectivity index is 2.54. The van der Waals surface area contributed by atoms with Gasteiger partial charge in [-0.2, -0.15) is 0 Å². The van der Waals surface area contributed by atoms with Gasteiger partial charge in [0.15, 0.2) is 0 Å². The monoisotopic (exact) mass is 236 g/mol. The number of nitro benzene ring substituents is 1. The molecule has 4 nitrogen and oxygen atoms in total. The van der Waals surface area contributed by atoms with Crippen LogP contribution in [-0.2, 0) is 0 Å². The van der Waals surface area contributed by atoms with Crippen LogP contribution in [0.3, 0.4) is 0 Å². The minimum atomic E-state index is -0.383. The van der Waals surface area contributed by atoms with E-state index in [1.165, 1.54) is 18.6 Å². The third-order valence-corrected chi connectivity index (χ3v) is 2.94. The molecule has 0 saturated carbocycles. The molecule has 17 heavy (non-hydrogen) atoms. The summed E-state index contributed by atoms with van der Waals surface area (Å²) in [4.78, 5) is 10.1. The molecule has 0 radical (unpaired) electrons. The van der Waals surface area contributed by atoms with Crippen molar-refractivity contribution in [2.45, 2.75) is 39.7 Å². The van der Waals surface area contributed by atoms with Crippen molar-refractivity contribution in [2.24, 2.45) is 5.92 Å². The largest absolute Gasteiger partial charge is 0.383 e. The predicted octanol–water partition coefficient (Wildman–Crippen LogP) is 3.83. The number of hydrogen-bond donors (Lipinski definition) is 1. The number of rotatable bonds is 6. The Hall–Kier alpha value is -1.58. The first-order valence-corrected chi connectivity index (χ1v) is 6.04. The Kier molecular flexibility index (Phi) is 4.94. The van der Waals surface area contributed by atoms with Crippen LogP contribution < -0.4 is 5.32 Å². The van der Waals surface area contributed by atoms with E-state index in [9.17, 15) is 10.1 Å². The van der Waals surface area contributed by atoms with Crippen LogP contribution in [0.25, 0.3) is 0 Å². The van der Waals surface area contributed by atoms with Gasteiger partial charge >= 0.3 is 0 Å². The van der Waals surface area contributed by atoms with Gasteiger partial charge in [-0.15, -0.1) is 0 Å². The van der Waals surface area contributed by atoms with E-state index in [0.717, 1.165) is 12.1 Å². The van der Waals surface area contributed by atoms with Gasteiger partial charge in [0.25, 0.3) is 5.69 Å². The average Bonchev–Trinajstić information content (AvgIpc) is 2.29. The highest BCUT2D eigenvalue weighted by molar-refractivity contribution is 5.48. The Bertz CT molecular complexity index is 362. The topological polar surface area (TPSA) is 55.2 Å². The summed E-state index contributed by atoms with van der Waals surface area (Å²) >= 11 is 0. The van der Waals surface area contributed by atoms with Crippen molar-refractivity contribution < 1.29 is 4.92 Å². The van der Waals surface area contributed by atoms with Gasteiger partial charge in [0.2, 0.25) is 0 Å². The lowest BCUT2D eigenvalue weighted by Gasteiger charge is -2.18. The zero-order valence-corrected chi connectivity index (χ0v) is 10.6. The molecule has 1 aromatic carbocycles. The van der Waals surface area contributed by atoms with Crippen molar-refractivity contribution in [3.05, 3.63) is 34.4 Å². The van der Waals surface area contributed by atoms with Gasteiger partial charge < -0.3 is 5.32 Å². The van der Waals surface area contributed by atoms with Crippen molar-refractivity contribution in [1.29, 1.82) is 0 Å². The molecule has 0 saturated heterocycles. The van der Waals surface area contributed by atoms with Gasteiger partial charge in [-0.1, -0.05) is 20.3 Å². The zero-order valence-electron chi connectivity index (χ0n) is 10.6. The Morgan fingerprint density at radius 1 is 1.29 bits per heavy atom. The number of non-ortho nitro benzene ring substituents is 1. The summed E-state index contributed by atoms with van der Waals surface area (Å²) in [7, 11) is 0. The molecule has 1 rings (SSSR count). The maximum absolute atomic E-state index is 10.5. The summed E-state index contributed by atoms with van der Waals surface area (Å²) in [6, 6.07) is 6.94.